The molecule has 0 spiro atoms. The molecule has 1 aliphatic heterocycles. The highest BCUT2D eigenvalue weighted by Gasteiger charge is 2.16. The summed E-state index contributed by atoms with van der Waals surface area (Å²) in [4.78, 5) is 0. The standard InChI is InChI=1S/C12H25BO2/c1-12(13)6-2-4-8-14-10-11-15-9-5-3-7-12/h2-11,13H2,1H3. The van der Waals surface area contributed by atoms with Crippen LogP contribution in [0.5, 0.6) is 0 Å². The molecular formula is C12H25BO2. The van der Waals surface area contributed by atoms with E-state index in [1.54, 1.807) is 0 Å². The topological polar surface area (TPSA) is 18.5 Å². The molecule has 3 heteroatoms. The maximum Gasteiger partial charge on any atom is 0.109 e. The van der Waals surface area contributed by atoms with E-state index in [4.69, 9.17) is 9.47 Å². The average Bonchev–Trinajstić information content (AvgIpc) is 2.20. The van der Waals surface area contributed by atoms with Gasteiger partial charge in [0.2, 0.25) is 0 Å². The van der Waals surface area contributed by atoms with Crippen LogP contribution in [0.25, 0.3) is 0 Å². The first-order valence-corrected chi connectivity index (χ1v) is 6.36. The Morgan fingerprint density at radius 3 is 1.73 bits per heavy atom. The smallest absolute Gasteiger partial charge is 0.109 e. The largest absolute Gasteiger partial charge is 0.379 e. The molecule has 15 heavy (non-hydrogen) atoms. The van der Waals surface area contributed by atoms with Crippen molar-refractivity contribution in [1.82, 2.24) is 0 Å². The molecule has 1 aliphatic rings. The van der Waals surface area contributed by atoms with Crippen LogP contribution in [0, 0.1) is 0 Å². The molecule has 0 unspecified atom stereocenters. The van der Waals surface area contributed by atoms with Crippen molar-refractivity contribution in [2.45, 2.75) is 50.8 Å². The first-order chi connectivity index (χ1) is 7.21. The predicted molar refractivity (Wildman–Crippen MR) is 66.3 cm³/mol. The van der Waals surface area contributed by atoms with E-state index in [2.05, 4.69) is 14.8 Å². The van der Waals surface area contributed by atoms with Crippen molar-refractivity contribution in [2.75, 3.05) is 26.4 Å². The molecule has 2 nitrogen and oxygen atoms in total. The van der Waals surface area contributed by atoms with Crippen LogP contribution < -0.4 is 0 Å². The summed E-state index contributed by atoms with van der Waals surface area (Å²) in [5.41, 5.74) is 0. The Morgan fingerprint density at radius 2 is 1.27 bits per heavy atom. The van der Waals surface area contributed by atoms with Gasteiger partial charge in [0.25, 0.3) is 0 Å². The molecule has 1 rings (SSSR count). The second-order valence-corrected chi connectivity index (χ2v) is 5.30. The van der Waals surface area contributed by atoms with Crippen molar-refractivity contribution < 1.29 is 9.47 Å². The van der Waals surface area contributed by atoms with E-state index in [1.165, 1.54) is 38.5 Å². The van der Waals surface area contributed by atoms with Crippen molar-refractivity contribution in [3.05, 3.63) is 0 Å². The summed E-state index contributed by atoms with van der Waals surface area (Å²) >= 11 is 0. The van der Waals surface area contributed by atoms with Crippen LogP contribution in [0.15, 0.2) is 0 Å². The number of ether oxygens (including phenoxy) is 2. The molecule has 0 aromatic heterocycles. The van der Waals surface area contributed by atoms with Crippen LogP contribution in [-0.2, 0) is 9.47 Å². The van der Waals surface area contributed by atoms with E-state index in [0.717, 1.165) is 26.4 Å². The van der Waals surface area contributed by atoms with Gasteiger partial charge in [-0.25, -0.2) is 0 Å². The fraction of sp³-hybridized carbons (Fsp3) is 1.00. The Morgan fingerprint density at radius 1 is 0.800 bits per heavy atom. The molecular weight excluding hydrogens is 187 g/mol. The highest BCUT2D eigenvalue weighted by atomic mass is 16.5. The van der Waals surface area contributed by atoms with Gasteiger partial charge in [0, 0.05) is 13.2 Å². The fourth-order valence-electron chi connectivity index (χ4n) is 2.06. The Bertz CT molecular complexity index is 144. The Labute approximate surface area is 95.1 Å². The summed E-state index contributed by atoms with van der Waals surface area (Å²) in [7, 11) is 2.38. The van der Waals surface area contributed by atoms with Gasteiger partial charge in [-0.3, -0.25) is 0 Å². The molecule has 1 saturated heterocycles. The molecule has 0 amide bonds. The summed E-state index contributed by atoms with van der Waals surface area (Å²) < 4.78 is 11.0. The van der Waals surface area contributed by atoms with Gasteiger partial charge in [0.05, 0.1) is 13.2 Å². The molecule has 0 aromatic rings. The minimum absolute atomic E-state index is 0.508. The lowest BCUT2D eigenvalue weighted by atomic mass is 9.64. The monoisotopic (exact) mass is 212 g/mol. The van der Waals surface area contributed by atoms with E-state index in [0.29, 0.717) is 5.31 Å². The van der Waals surface area contributed by atoms with Crippen molar-refractivity contribution in [3.8, 4) is 0 Å². The Kier molecular flexibility index (Phi) is 6.34. The van der Waals surface area contributed by atoms with Gasteiger partial charge in [-0.1, -0.05) is 37.9 Å². The van der Waals surface area contributed by atoms with Gasteiger partial charge in [0.1, 0.15) is 7.85 Å². The normalized spacial score (nSPS) is 25.9. The number of rotatable bonds is 0. The zero-order chi connectivity index (χ0) is 11.0. The van der Waals surface area contributed by atoms with E-state index in [-0.39, 0.29) is 0 Å². The number of hydrogen-bond acceptors (Lipinski definition) is 2. The summed E-state index contributed by atoms with van der Waals surface area (Å²) in [5.74, 6) is 0. The molecule has 1 fully saturated rings. The first-order valence-electron chi connectivity index (χ1n) is 6.36. The minimum Gasteiger partial charge on any atom is -0.379 e. The summed E-state index contributed by atoms with van der Waals surface area (Å²) in [6, 6.07) is 0. The maximum atomic E-state index is 5.49. The fourth-order valence-corrected chi connectivity index (χ4v) is 2.06. The van der Waals surface area contributed by atoms with Gasteiger partial charge in [0.15, 0.2) is 0 Å². The lowest BCUT2D eigenvalue weighted by Crippen LogP contribution is -2.08. The van der Waals surface area contributed by atoms with Crippen molar-refractivity contribution >= 4 is 7.85 Å². The molecule has 0 bridgehead atoms. The summed E-state index contributed by atoms with van der Waals surface area (Å²) in [5, 5.41) is 0.508. The highest BCUT2D eigenvalue weighted by molar-refractivity contribution is 6.14. The van der Waals surface area contributed by atoms with Crippen LogP contribution in [0.3, 0.4) is 0 Å². The van der Waals surface area contributed by atoms with Gasteiger partial charge in [-0.15, -0.1) is 0 Å². The second-order valence-electron chi connectivity index (χ2n) is 5.30. The van der Waals surface area contributed by atoms with Crippen LogP contribution in [-0.4, -0.2) is 34.3 Å². The van der Waals surface area contributed by atoms with E-state index in [1.807, 2.05) is 0 Å². The Hall–Kier alpha value is -0.0151. The van der Waals surface area contributed by atoms with E-state index >= 15 is 0 Å². The van der Waals surface area contributed by atoms with Gasteiger partial charge in [-0.2, -0.15) is 0 Å². The quantitative estimate of drug-likeness (QED) is 0.573. The third kappa shape index (κ3) is 6.96. The predicted octanol–water partition coefficient (Wildman–Crippen LogP) is 2.19. The minimum atomic E-state index is 0.508. The molecule has 0 radical (unpaired) electrons. The van der Waals surface area contributed by atoms with Crippen molar-refractivity contribution in [2.24, 2.45) is 0 Å². The molecule has 0 aromatic carbocycles. The second kappa shape index (κ2) is 7.29. The lowest BCUT2D eigenvalue weighted by molar-refractivity contribution is 0.0457. The van der Waals surface area contributed by atoms with Crippen LogP contribution in [0.4, 0.5) is 0 Å². The Balaban J connectivity index is 2.24. The van der Waals surface area contributed by atoms with Crippen molar-refractivity contribution in [1.29, 1.82) is 0 Å². The third-order valence-electron chi connectivity index (χ3n) is 3.16. The molecule has 0 saturated carbocycles. The molecule has 1 heterocycles. The van der Waals surface area contributed by atoms with Crippen LogP contribution in [0.1, 0.15) is 45.4 Å². The van der Waals surface area contributed by atoms with Crippen molar-refractivity contribution in [3.63, 3.8) is 0 Å². The zero-order valence-corrected chi connectivity index (χ0v) is 10.4. The SMILES string of the molecule is BC1(C)CCCCOCCOCCCC1. The maximum absolute atomic E-state index is 5.49. The molecule has 88 valence electrons. The van der Waals surface area contributed by atoms with Crippen LogP contribution in [0.2, 0.25) is 5.31 Å². The molecule has 0 atom stereocenters. The zero-order valence-electron chi connectivity index (χ0n) is 10.4. The highest BCUT2D eigenvalue weighted by Crippen LogP contribution is 2.33. The van der Waals surface area contributed by atoms with Crippen LogP contribution >= 0.6 is 0 Å². The summed E-state index contributed by atoms with van der Waals surface area (Å²) in [6.07, 6.45) is 7.66. The van der Waals surface area contributed by atoms with Gasteiger partial charge < -0.3 is 9.47 Å². The first kappa shape index (κ1) is 13.1. The third-order valence-corrected chi connectivity index (χ3v) is 3.16. The average molecular weight is 212 g/mol. The molecule has 0 aliphatic carbocycles. The lowest BCUT2D eigenvalue weighted by Gasteiger charge is -2.24. The number of hydrogen-bond donors (Lipinski definition) is 0. The molecule has 0 N–H and O–H groups in total. The van der Waals surface area contributed by atoms with Gasteiger partial charge in [-0.05, 0) is 12.8 Å². The van der Waals surface area contributed by atoms with E-state index < -0.39 is 0 Å². The van der Waals surface area contributed by atoms with E-state index in [9.17, 15) is 0 Å². The van der Waals surface area contributed by atoms with Gasteiger partial charge >= 0.3 is 0 Å². The summed E-state index contributed by atoms with van der Waals surface area (Å²) in [6.45, 7) is 5.72.